The van der Waals surface area contributed by atoms with Crippen LogP contribution in [0.3, 0.4) is 0 Å². The zero-order chi connectivity index (χ0) is 15.3. The highest BCUT2D eigenvalue weighted by Gasteiger charge is 2.42. The number of aliphatic carboxylic acids is 1. The molecule has 0 radical (unpaired) electrons. The number of nitrogens with zero attached hydrogens (tertiary/aromatic N) is 1. The molecule has 21 heavy (non-hydrogen) atoms. The van der Waals surface area contributed by atoms with Crippen LogP contribution >= 0.6 is 0 Å². The number of aliphatic hydroxyl groups excluding tert-OH is 1. The third-order valence-electron chi connectivity index (χ3n) is 4.81. The lowest BCUT2D eigenvalue weighted by molar-refractivity contribution is -0.146. The number of carbonyl (C=O) groups is 2. The Balaban J connectivity index is 1.97. The molecule has 0 spiro atoms. The standard InChI is InChI=1S/C15H26N2O4/c18-10-6-12-5-4-9-17(11-12)14(21)16-15(13(19)20)7-2-1-3-8-15/h12,18H,1-11H2,(H,16,21)(H,19,20). The molecular weight excluding hydrogens is 272 g/mol. The van der Waals surface area contributed by atoms with E-state index in [0.717, 1.165) is 32.1 Å². The van der Waals surface area contributed by atoms with E-state index in [2.05, 4.69) is 5.32 Å². The number of aliphatic hydroxyl groups is 1. The van der Waals surface area contributed by atoms with E-state index >= 15 is 0 Å². The summed E-state index contributed by atoms with van der Waals surface area (Å²) >= 11 is 0. The Morgan fingerprint density at radius 1 is 1.19 bits per heavy atom. The Labute approximate surface area is 125 Å². The number of rotatable bonds is 4. The van der Waals surface area contributed by atoms with Gasteiger partial charge in [-0.1, -0.05) is 19.3 Å². The highest BCUT2D eigenvalue weighted by atomic mass is 16.4. The zero-order valence-electron chi connectivity index (χ0n) is 12.5. The van der Waals surface area contributed by atoms with Crippen LogP contribution in [0.2, 0.25) is 0 Å². The van der Waals surface area contributed by atoms with Gasteiger partial charge in [-0.3, -0.25) is 0 Å². The third-order valence-corrected chi connectivity index (χ3v) is 4.81. The summed E-state index contributed by atoms with van der Waals surface area (Å²) in [6.07, 6.45) is 6.40. The Morgan fingerprint density at radius 3 is 2.52 bits per heavy atom. The first kappa shape index (κ1) is 16.1. The monoisotopic (exact) mass is 298 g/mol. The van der Waals surface area contributed by atoms with E-state index in [-0.39, 0.29) is 12.6 Å². The summed E-state index contributed by atoms with van der Waals surface area (Å²) in [7, 11) is 0. The maximum absolute atomic E-state index is 12.4. The van der Waals surface area contributed by atoms with E-state index in [9.17, 15) is 14.7 Å². The third kappa shape index (κ3) is 3.87. The number of hydrogen-bond donors (Lipinski definition) is 3. The van der Waals surface area contributed by atoms with Gasteiger partial charge < -0.3 is 20.4 Å². The van der Waals surface area contributed by atoms with Gasteiger partial charge in [0.25, 0.3) is 0 Å². The van der Waals surface area contributed by atoms with Crippen LogP contribution in [0, 0.1) is 5.92 Å². The Bertz CT molecular complexity index is 378. The minimum atomic E-state index is -1.08. The summed E-state index contributed by atoms with van der Waals surface area (Å²) in [6.45, 7) is 1.42. The van der Waals surface area contributed by atoms with Crippen LogP contribution in [0.25, 0.3) is 0 Å². The number of carbonyl (C=O) groups excluding carboxylic acids is 1. The van der Waals surface area contributed by atoms with Crippen molar-refractivity contribution in [3.63, 3.8) is 0 Å². The number of nitrogens with one attached hydrogen (secondary N) is 1. The zero-order valence-corrected chi connectivity index (χ0v) is 12.5. The molecule has 1 aliphatic heterocycles. The van der Waals surface area contributed by atoms with E-state index in [1.165, 1.54) is 0 Å². The molecule has 2 rings (SSSR count). The van der Waals surface area contributed by atoms with E-state index in [1.54, 1.807) is 4.90 Å². The number of carboxylic acids is 1. The predicted octanol–water partition coefficient (Wildman–Crippen LogP) is 1.58. The van der Waals surface area contributed by atoms with Crippen LogP contribution in [0.4, 0.5) is 4.79 Å². The van der Waals surface area contributed by atoms with Crippen molar-refractivity contribution < 1.29 is 19.8 Å². The number of amides is 2. The second-order valence-electron chi connectivity index (χ2n) is 6.34. The van der Waals surface area contributed by atoms with E-state index in [1.807, 2.05) is 0 Å². The number of piperidine rings is 1. The number of hydrogen-bond acceptors (Lipinski definition) is 3. The topological polar surface area (TPSA) is 89.9 Å². The molecule has 0 aromatic heterocycles. The van der Waals surface area contributed by atoms with Gasteiger partial charge in [0.1, 0.15) is 5.54 Å². The summed E-state index contributed by atoms with van der Waals surface area (Å²) in [5.74, 6) is -0.596. The molecule has 2 aliphatic rings. The molecule has 1 heterocycles. The maximum atomic E-state index is 12.4. The summed E-state index contributed by atoms with van der Waals surface area (Å²) in [4.78, 5) is 25.7. The Morgan fingerprint density at radius 2 is 1.90 bits per heavy atom. The van der Waals surface area contributed by atoms with Crippen LogP contribution in [0.1, 0.15) is 51.4 Å². The lowest BCUT2D eigenvalue weighted by Gasteiger charge is -2.38. The van der Waals surface area contributed by atoms with Crippen LogP contribution in [0.15, 0.2) is 0 Å². The minimum absolute atomic E-state index is 0.138. The number of carboxylic acid groups (broad SMARTS) is 1. The first-order valence-electron chi connectivity index (χ1n) is 7.99. The van der Waals surface area contributed by atoms with Gasteiger partial charge in [-0.2, -0.15) is 0 Å². The summed E-state index contributed by atoms with van der Waals surface area (Å²) in [6, 6.07) is -0.262. The molecule has 2 fully saturated rings. The maximum Gasteiger partial charge on any atom is 0.329 e. The van der Waals surface area contributed by atoms with Crippen molar-refractivity contribution in [3.05, 3.63) is 0 Å². The van der Waals surface area contributed by atoms with Crippen LogP contribution in [-0.4, -0.2) is 52.3 Å². The van der Waals surface area contributed by atoms with Gasteiger partial charge in [0.05, 0.1) is 0 Å². The lowest BCUT2D eigenvalue weighted by atomic mass is 9.82. The van der Waals surface area contributed by atoms with E-state index in [4.69, 9.17) is 5.11 Å². The van der Waals surface area contributed by atoms with Crippen molar-refractivity contribution in [2.24, 2.45) is 5.92 Å². The second-order valence-corrected chi connectivity index (χ2v) is 6.34. The first-order chi connectivity index (χ1) is 10.1. The second kappa shape index (κ2) is 7.11. The molecule has 120 valence electrons. The fourth-order valence-corrected chi connectivity index (χ4v) is 3.50. The van der Waals surface area contributed by atoms with Gasteiger partial charge in [0.15, 0.2) is 0 Å². The van der Waals surface area contributed by atoms with Gasteiger partial charge in [0, 0.05) is 19.7 Å². The summed E-state index contributed by atoms with van der Waals surface area (Å²) < 4.78 is 0. The van der Waals surface area contributed by atoms with Gasteiger partial charge in [-0.15, -0.1) is 0 Å². The molecule has 1 aliphatic carbocycles. The van der Waals surface area contributed by atoms with Crippen LogP contribution in [-0.2, 0) is 4.79 Å². The largest absolute Gasteiger partial charge is 0.480 e. The number of likely N-dealkylation sites (tertiary alicyclic amines) is 1. The van der Waals surface area contributed by atoms with Gasteiger partial charge in [0.2, 0.25) is 0 Å². The van der Waals surface area contributed by atoms with Crippen molar-refractivity contribution in [1.29, 1.82) is 0 Å². The average Bonchev–Trinajstić information content (AvgIpc) is 2.48. The molecule has 6 nitrogen and oxygen atoms in total. The number of urea groups is 1. The molecular formula is C15H26N2O4. The summed E-state index contributed by atoms with van der Waals surface area (Å²) in [5, 5.41) is 21.3. The summed E-state index contributed by atoms with van der Waals surface area (Å²) in [5.41, 5.74) is -1.08. The highest BCUT2D eigenvalue weighted by molar-refractivity contribution is 5.86. The highest BCUT2D eigenvalue weighted by Crippen LogP contribution is 2.29. The molecule has 1 saturated carbocycles. The van der Waals surface area contributed by atoms with Gasteiger partial charge in [-0.05, 0) is 38.0 Å². The fraction of sp³-hybridized carbons (Fsp3) is 0.867. The molecule has 0 aromatic carbocycles. The van der Waals surface area contributed by atoms with Crippen molar-refractivity contribution >= 4 is 12.0 Å². The van der Waals surface area contributed by atoms with Gasteiger partial charge >= 0.3 is 12.0 Å². The smallest absolute Gasteiger partial charge is 0.329 e. The minimum Gasteiger partial charge on any atom is -0.480 e. The molecule has 1 atom stereocenters. The molecule has 1 saturated heterocycles. The quantitative estimate of drug-likeness (QED) is 0.735. The predicted molar refractivity (Wildman–Crippen MR) is 78.0 cm³/mol. The van der Waals surface area contributed by atoms with Crippen LogP contribution in [0.5, 0.6) is 0 Å². The lowest BCUT2D eigenvalue weighted by Crippen LogP contribution is -2.59. The van der Waals surface area contributed by atoms with E-state index < -0.39 is 11.5 Å². The van der Waals surface area contributed by atoms with Crippen molar-refractivity contribution in [2.75, 3.05) is 19.7 Å². The van der Waals surface area contributed by atoms with Crippen molar-refractivity contribution in [2.45, 2.75) is 56.9 Å². The van der Waals surface area contributed by atoms with Gasteiger partial charge in [-0.25, -0.2) is 9.59 Å². The molecule has 1 unspecified atom stereocenters. The van der Waals surface area contributed by atoms with Crippen LogP contribution < -0.4 is 5.32 Å². The molecule has 6 heteroatoms. The molecule has 0 aromatic rings. The van der Waals surface area contributed by atoms with E-state index in [0.29, 0.717) is 38.3 Å². The van der Waals surface area contributed by atoms with Crippen molar-refractivity contribution in [3.8, 4) is 0 Å². The molecule has 2 amide bonds. The molecule has 3 N–H and O–H groups in total. The normalized spacial score (nSPS) is 25.4. The molecule has 0 bridgehead atoms. The first-order valence-corrected chi connectivity index (χ1v) is 7.99. The Kier molecular flexibility index (Phi) is 5.45. The average molecular weight is 298 g/mol. The fourth-order valence-electron chi connectivity index (χ4n) is 3.50. The van der Waals surface area contributed by atoms with Crippen molar-refractivity contribution in [1.82, 2.24) is 10.2 Å². The SMILES string of the molecule is O=C(NC1(C(=O)O)CCCCC1)N1CCCC(CCO)C1. The Hall–Kier alpha value is -1.30.